The molecule has 2 aromatic carbocycles. The maximum atomic E-state index is 13.0. The molecular weight excluding hydrogens is 372 g/mol. The van der Waals surface area contributed by atoms with Gasteiger partial charge in [0.05, 0.1) is 26.4 Å². The molecule has 0 aromatic heterocycles. The molecular formula is C23H22O6. The van der Waals surface area contributed by atoms with Gasteiger partial charge in [0.1, 0.15) is 11.5 Å². The Morgan fingerprint density at radius 1 is 1.10 bits per heavy atom. The highest BCUT2D eigenvalue weighted by atomic mass is 16.7. The fourth-order valence-corrected chi connectivity index (χ4v) is 4.28. The molecule has 0 saturated carbocycles. The molecule has 150 valence electrons. The number of hydrogen-bond donors (Lipinski definition) is 0. The Balaban J connectivity index is 1.50. The van der Waals surface area contributed by atoms with Crippen molar-refractivity contribution in [1.82, 2.24) is 0 Å². The zero-order valence-electron chi connectivity index (χ0n) is 16.6. The Kier molecular flexibility index (Phi) is 4.24. The Morgan fingerprint density at radius 2 is 1.93 bits per heavy atom. The third-order valence-corrected chi connectivity index (χ3v) is 5.79. The Morgan fingerprint density at radius 3 is 2.72 bits per heavy atom. The molecule has 0 N–H and O–H groups in total. The number of fused-ring (bicyclic) bond motifs is 3. The maximum absolute atomic E-state index is 13.0. The standard InChI is InChI=1S/C23H22O6/c1-12-21-15(10-14-6-7-27-23(14)29-21)11-16-20(24)19(28-22(12)16)9-13-4-5-17(25-2)18(8-13)26-3/h4-5,8-9,11,14,23H,6-7,10H2,1-3H3/b19-9-. The summed E-state index contributed by atoms with van der Waals surface area (Å²) in [7, 11) is 3.16. The predicted molar refractivity (Wildman–Crippen MR) is 106 cm³/mol. The van der Waals surface area contributed by atoms with Crippen LogP contribution in [0.3, 0.4) is 0 Å². The fourth-order valence-electron chi connectivity index (χ4n) is 4.28. The number of methoxy groups -OCH3 is 2. The Labute approximate surface area is 169 Å². The van der Waals surface area contributed by atoms with Gasteiger partial charge in [-0.05, 0) is 55.2 Å². The van der Waals surface area contributed by atoms with Crippen LogP contribution in [0, 0.1) is 12.8 Å². The topological polar surface area (TPSA) is 63.2 Å². The number of hydrogen-bond acceptors (Lipinski definition) is 6. The van der Waals surface area contributed by atoms with Gasteiger partial charge in [-0.15, -0.1) is 0 Å². The van der Waals surface area contributed by atoms with E-state index < -0.39 is 0 Å². The lowest BCUT2D eigenvalue weighted by Crippen LogP contribution is -2.30. The number of Topliss-reactive ketones (excluding diaryl/α,β-unsaturated/α-hetero) is 1. The molecule has 6 nitrogen and oxygen atoms in total. The second kappa shape index (κ2) is 6.81. The van der Waals surface area contributed by atoms with E-state index in [1.807, 2.05) is 25.1 Å². The monoisotopic (exact) mass is 394 g/mol. The van der Waals surface area contributed by atoms with E-state index in [9.17, 15) is 4.79 Å². The van der Waals surface area contributed by atoms with E-state index in [1.165, 1.54) is 0 Å². The van der Waals surface area contributed by atoms with Crippen molar-refractivity contribution in [3.8, 4) is 23.0 Å². The number of carbonyl (C=O) groups excluding carboxylic acids is 1. The van der Waals surface area contributed by atoms with E-state index in [0.717, 1.165) is 41.9 Å². The second-order valence-electron chi connectivity index (χ2n) is 7.53. The molecule has 0 bridgehead atoms. The van der Waals surface area contributed by atoms with Crippen LogP contribution in [0.4, 0.5) is 0 Å². The van der Waals surface area contributed by atoms with Crippen molar-refractivity contribution in [3.05, 3.63) is 52.3 Å². The summed E-state index contributed by atoms with van der Waals surface area (Å²) in [5.74, 6) is 3.09. The average Bonchev–Trinajstić information content (AvgIpc) is 3.32. The lowest BCUT2D eigenvalue weighted by atomic mass is 9.90. The van der Waals surface area contributed by atoms with Gasteiger partial charge in [-0.25, -0.2) is 0 Å². The molecule has 0 radical (unpaired) electrons. The van der Waals surface area contributed by atoms with E-state index in [4.69, 9.17) is 23.7 Å². The minimum Gasteiger partial charge on any atom is -0.493 e. The van der Waals surface area contributed by atoms with Crippen LogP contribution in [0.5, 0.6) is 23.0 Å². The molecule has 5 rings (SSSR count). The van der Waals surface area contributed by atoms with Gasteiger partial charge in [0.15, 0.2) is 17.3 Å². The third-order valence-electron chi connectivity index (χ3n) is 5.79. The largest absolute Gasteiger partial charge is 0.493 e. The highest BCUT2D eigenvalue weighted by molar-refractivity contribution is 6.15. The first-order chi connectivity index (χ1) is 14.1. The molecule has 0 amide bonds. The predicted octanol–water partition coefficient (Wildman–Crippen LogP) is 3.93. The van der Waals surface area contributed by atoms with Crippen molar-refractivity contribution in [2.75, 3.05) is 20.8 Å². The van der Waals surface area contributed by atoms with Gasteiger partial charge in [0.2, 0.25) is 12.1 Å². The van der Waals surface area contributed by atoms with E-state index >= 15 is 0 Å². The summed E-state index contributed by atoms with van der Waals surface area (Å²) in [6, 6.07) is 7.39. The van der Waals surface area contributed by atoms with Gasteiger partial charge in [-0.2, -0.15) is 0 Å². The summed E-state index contributed by atoms with van der Waals surface area (Å²) in [4.78, 5) is 13.0. The molecule has 1 saturated heterocycles. The van der Waals surface area contributed by atoms with Crippen LogP contribution >= 0.6 is 0 Å². The zero-order valence-corrected chi connectivity index (χ0v) is 16.6. The summed E-state index contributed by atoms with van der Waals surface area (Å²) in [6.07, 6.45) is 3.37. The molecule has 3 aliphatic heterocycles. The zero-order chi connectivity index (χ0) is 20.1. The quantitative estimate of drug-likeness (QED) is 0.735. The van der Waals surface area contributed by atoms with Crippen LogP contribution in [0.1, 0.15) is 33.5 Å². The number of benzene rings is 2. The Hall–Kier alpha value is -2.99. The molecule has 1 fully saturated rings. The first kappa shape index (κ1) is 18.1. The first-order valence-corrected chi connectivity index (χ1v) is 9.70. The van der Waals surface area contributed by atoms with Crippen molar-refractivity contribution >= 4 is 11.9 Å². The lowest BCUT2D eigenvalue weighted by molar-refractivity contribution is -0.0703. The van der Waals surface area contributed by atoms with E-state index in [2.05, 4.69) is 0 Å². The van der Waals surface area contributed by atoms with E-state index in [-0.39, 0.29) is 17.8 Å². The van der Waals surface area contributed by atoms with Gasteiger partial charge in [0, 0.05) is 11.5 Å². The summed E-state index contributed by atoms with van der Waals surface area (Å²) in [5.41, 5.74) is 3.28. The van der Waals surface area contributed by atoms with Crippen LogP contribution in [0.15, 0.2) is 30.0 Å². The van der Waals surface area contributed by atoms with Crippen LogP contribution < -0.4 is 18.9 Å². The summed E-state index contributed by atoms with van der Waals surface area (Å²) < 4.78 is 28.4. The minimum absolute atomic E-state index is 0.120. The normalized spacial score (nSPS) is 23.1. The molecule has 3 heterocycles. The Bertz CT molecular complexity index is 1040. The van der Waals surface area contributed by atoms with Crippen molar-refractivity contribution in [3.63, 3.8) is 0 Å². The van der Waals surface area contributed by atoms with Gasteiger partial charge in [-0.1, -0.05) is 6.07 Å². The molecule has 6 heteroatoms. The number of allylic oxidation sites excluding steroid dienone is 1. The number of rotatable bonds is 3. The van der Waals surface area contributed by atoms with Gasteiger partial charge >= 0.3 is 0 Å². The van der Waals surface area contributed by atoms with Crippen molar-refractivity contribution in [2.45, 2.75) is 26.1 Å². The van der Waals surface area contributed by atoms with Crippen LogP contribution in [0.25, 0.3) is 6.08 Å². The number of ether oxygens (including phenoxy) is 5. The van der Waals surface area contributed by atoms with Crippen LogP contribution in [-0.4, -0.2) is 32.9 Å². The first-order valence-electron chi connectivity index (χ1n) is 9.70. The lowest BCUT2D eigenvalue weighted by Gasteiger charge is -2.29. The SMILES string of the molecule is COc1ccc(/C=C2\Oc3c(cc4c(c3C)OC3OCCC3C4)C2=O)cc1OC. The third kappa shape index (κ3) is 2.86. The van der Waals surface area contributed by atoms with Crippen molar-refractivity contribution in [2.24, 2.45) is 5.92 Å². The van der Waals surface area contributed by atoms with Gasteiger partial charge in [0.25, 0.3) is 0 Å². The van der Waals surface area contributed by atoms with Gasteiger partial charge < -0.3 is 23.7 Å². The minimum atomic E-state index is -0.196. The molecule has 29 heavy (non-hydrogen) atoms. The van der Waals surface area contributed by atoms with E-state index in [0.29, 0.717) is 28.7 Å². The van der Waals surface area contributed by atoms with Crippen LogP contribution in [0.2, 0.25) is 0 Å². The molecule has 2 atom stereocenters. The van der Waals surface area contributed by atoms with Gasteiger partial charge in [-0.3, -0.25) is 4.79 Å². The smallest absolute Gasteiger partial charge is 0.231 e. The maximum Gasteiger partial charge on any atom is 0.231 e. The molecule has 2 aromatic rings. The van der Waals surface area contributed by atoms with E-state index in [1.54, 1.807) is 26.4 Å². The summed E-state index contributed by atoms with van der Waals surface area (Å²) in [5, 5.41) is 0. The van der Waals surface area contributed by atoms with Crippen molar-refractivity contribution < 1.29 is 28.5 Å². The molecule has 2 unspecified atom stereocenters. The molecule has 3 aliphatic rings. The molecule has 0 aliphatic carbocycles. The number of ketones is 1. The second-order valence-corrected chi connectivity index (χ2v) is 7.53. The summed E-state index contributed by atoms with van der Waals surface area (Å²) in [6.45, 7) is 2.65. The highest BCUT2D eigenvalue weighted by Crippen LogP contribution is 2.46. The van der Waals surface area contributed by atoms with Crippen molar-refractivity contribution in [1.29, 1.82) is 0 Å². The summed E-state index contributed by atoms with van der Waals surface area (Å²) >= 11 is 0. The fraction of sp³-hybridized carbons (Fsp3) is 0.348. The highest BCUT2D eigenvalue weighted by Gasteiger charge is 2.39. The average molecular weight is 394 g/mol. The number of carbonyl (C=O) groups is 1. The van der Waals surface area contributed by atoms with Crippen LogP contribution in [-0.2, 0) is 11.2 Å². The molecule has 0 spiro atoms.